The average molecular weight is 274 g/mol. The molecule has 1 aromatic rings. The molecule has 112 valence electrons. The second kappa shape index (κ2) is 6.62. The molecule has 0 saturated heterocycles. The zero-order valence-electron chi connectivity index (χ0n) is 13.8. The predicted octanol–water partition coefficient (Wildman–Crippen LogP) is 4.12. The highest BCUT2D eigenvalue weighted by atomic mass is 15.1. The number of benzene rings is 1. The maximum Gasteiger partial charge on any atom is 0.0366 e. The van der Waals surface area contributed by atoms with E-state index in [1.54, 1.807) is 0 Å². The highest BCUT2D eigenvalue weighted by Gasteiger charge is 2.25. The second-order valence-electron chi connectivity index (χ2n) is 6.78. The van der Waals surface area contributed by atoms with Gasteiger partial charge >= 0.3 is 0 Å². The normalized spacial score (nSPS) is 23.4. The zero-order valence-corrected chi connectivity index (χ0v) is 13.8. The fraction of sp³-hybridized carbons (Fsp3) is 0.667. The molecule has 0 spiro atoms. The molecule has 0 aliphatic heterocycles. The minimum atomic E-state index is 0.616. The topological polar surface area (TPSA) is 6.48 Å². The van der Waals surface area contributed by atoms with Crippen LogP contribution in [0.15, 0.2) is 24.3 Å². The third-order valence-electron chi connectivity index (χ3n) is 4.91. The average Bonchev–Trinajstić information content (AvgIpc) is 2.46. The molecule has 0 N–H and O–H groups in total. The van der Waals surface area contributed by atoms with Crippen molar-refractivity contribution in [1.82, 2.24) is 4.90 Å². The number of nitrogens with zero attached hydrogens (tertiary/aromatic N) is 2. The second-order valence-corrected chi connectivity index (χ2v) is 6.78. The molecule has 1 saturated carbocycles. The summed E-state index contributed by atoms with van der Waals surface area (Å²) in [4.78, 5) is 4.86. The predicted molar refractivity (Wildman–Crippen MR) is 88.7 cm³/mol. The van der Waals surface area contributed by atoms with Crippen LogP contribution in [-0.2, 0) is 0 Å². The summed E-state index contributed by atoms with van der Waals surface area (Å²) in [6.45, 7) is 4.50. The first-order valence-corrected chi connectivity index (χ1v) is 7.98. The van der Waals surface area contributed by atoms with Crippen molar-refractivity contribution in [1.29, 1.82) is 0 Å². The monoisotopic (exact) mass is 274 g/mol. The fourth-order valence-corrected chi connectivity index (χ4v) is 3.27. The van der Waals surface area contributed by atoms with Gasteiger partial charge in [-0.25, -0.2) is 0 Å². The van der Waals surface area contributed by atoms with E-state index in [1.165, 1.54) is 36.9 Å². The van der Waals surface area contributed by atoms with Crippen molar-refractivity contribution in [3.05, 3.63) is 29.8 Å². The third-order valence-corrected chi connectivity index (χ3v) is 4.91. The maximum atomic E-state index is 2.48. The lowest BCUT2D eigenvalue weighted by Gasteiger charge is -2.38. The van der Waals surface area contributed by atoms with Gasteiger partial charge in [0.15, 0.2) is 0 Å². The lowest BCUT2D eigenvalue weighted by Crippen LogP contribution is -2.40. The minimum Gasteiger partial charge on any atom is -0.372 e. The standard InChI is InChI=1S/C18H30N2/c1-14(2)15-6-8-17(9-7-15)20(5)18-12-10-16(11-13-18)19(3)4/h6-9,14,16,18H,10-13H2,1-5H3. The van der Waals surface area contributed by atoms with Gasteiger partial charge in [-0.05, 0) is 63.4 Å². The molecule has 0 unspecified atom stereocenters. The maximum absolute atomic E-state index is 2.48. The van der Waals surface area contributed by atoms with Gasteiger partial charge in [0.2, 0.25) is 0 Å². The first kappa shape index (κ1) is 15.4. The van der Waals surface area contributed by atoms with E-state index in [-0.39, 0.29) is 0 Å². The van der Waals surface area contributed by atoms with Crippen molar-refractivity contribution in [3.63, 3.8) is 0 Å². The van der Waals surface area contributed by atoms with E-state index in [9.17, 15) is 0 Å². The molecule has 0 radical (unpaired) electrons. The summed E-state index contributed by atoms with van der Waals surface area (Å²) >= 11 is 0. The van der Waals surface area contributed by atoms with Crippen molar-refractivity contribution < 1.29 is 0 Å². The lowest BCUT2D eigenvalue weighted by atomic mass is 9.89. The Hall–Kier alpha value is -1.02. The van der Waals surface area contributed by atoms with Crippen molar-refractivity contribution in [2.45, 2.75) is 57.5 Å². The lowest BCUT2D eigenvalue weighted by molar-refractivity contribution is 0.215. The van der Waals surface area contributed by atoms with E-state index in [4.69, 9.17) is 0 Å². The summed E-state index contributed by atoms with van der Waals surface area (Å²) in [6, 6.07) is 10.6. The molecule has 1 fully saturated rings. The molecular weight excluding hydrogens is 244 g/mol. The van der Waals surface area contributed by atoms with Crippen LogP contribution in [-0.4, -0.2) is 38.1 Å². The van der Waals surface area contributed by atoms with Gasteiger partial charge < -0.3 is 9.80 Å². The third kappa shape index (κ3) is 3.54. The van der Waals surface area contributed by atoms with Gasteiger partial charge in [0.05, 0.1) is 0 Å². The minimum absolute atomic E-state index is 0.616. The number of rotatable bonds is 4. The molecule has 1 aromatic carbocycles. The van der Waals surface area contributed by atoms with Crippen LogP contribution in [0.2, 0.25) is 0 Å². The molecule has 2 nitrogen and oxygen atoms in total. The SMILES string of the molecule is CC(C)c1ccc(N(C)C2CCC(N(C)C)CC2)cc1. The van der Waals surface area contributed by atoms with Crippen molar-refractivity contribution in [2.24, 2.45) is 0 Å². The Balaban J connectivity index is 1.96. The summed E-state index contributed by atoms with van der Waals surface area (Å²) in [5.41, 5.74) is 2.79. The van der Waals surface area contributed by atoms with Gasteiger partial charge in [0.25, 0.3) is 0 Å². The zero-order chi connectivity index (χ0) is 14.7. The molecule has 0 atom stereocenters. The molecule has 1 aliphatic rings. The van der Waals surface area contributed by atoms with Crippen LogP contribution in [0.4, 0.5) is 5.69 Å². The molecule has 0 heterocycles. The number of hydrogen-bond donors (Lipinski definition) is 0. The molecule has 2 heteroatoms. The number of hydrogen-bond acceptors (Lipinski definition) is 2. The number of anilines is 1. The van der Waals surface area contributed by atoms with Crippen LogP contribution < -0.4 is 4.90 Å². The Morgan fingerprint density at radius 3 is 1.80 bits per heavy atom. The van der Waals surface area contributed by atoms with E-state index in [1.807, 2.05) is 0 Å². The first-order valence-electron chi connectivity index (χ1n) is 7.98. The Labute approximate surface area is 124 Å². The van der Waals surface area contributed by atoms with E-state index >= 15 is 0 Å². The summed E-state index contributed by atoms with van der Waals surface area (Å²) in [6.07, 6.45) is 5.27. The highest BCUT2D eigenvalue weighted by molar-refractivity contribution is 5.48. The van der Waals surface area contributed by atoms with Crippen molar-refractivity contribution >= 4 is 5.69 Å². The molecule has 20 heavy (non-hydrogen) atoms. The van der Waals surface area contributed by atoms with Gasteiger partial charge in [-0.3, -0.25) is 0 Å². The van der Waals surface area contributed by atoms with Crippen LogP contribution in [0.25, 0.3) is 0 Å². The molecular formula is C18H30N2. The summed E-state index contributed by atoms with van der Waals surface area (Å²) in [5, 5.41) is 0. The Bertz CT molecular complexity index is 400. The molecule has 2 rings (SSSR count). The largest absolute Gasteiger partial charge is 0.372 e. The van der Waals surface area contributed by atoms with Crippen molar-refractivity contribution in [2.75, 3.05) is 26.0 Å². The van der Waals surface area contributed by atoms with E-state index in [2.05, 4.69) is 69.1 Å². The van der Waals surface area contributed by atoms with Crippen LogP contribution >= 0.6 is 0 Å². The smallest absolute Gasteiger partial charge is 0.0366 e. The van der Waals surface area contributed by atoms with Gasteiger partial charge in [-0.15, -0.1) is 0 Å². The van der Waals surface area contributed by atoms with Gasteiger partial charge in [-0.2, -0.15) is 0 Å². The Morgan fingerprint density at radius 1 is 0.850 bits per heavy atom. The summed E-state index contributed by atoms with van der Waals surface area (Å²) in [7, 11) is 6.67. The van der Waals surface area contributed by atoms with Crippen LogP contribution in [0.1, 0.15) is 51.0 Å². The highest BCUT2D eigenvalue weighted by Crippen LogP contribution is 2.28. The summed E-state index contributed by atoms with van der Waals surface area (Å²) in [5.74, 6) is 0.616. The summed E-state index contributed by atoms with van der Waals surface area (Å²) < 4.78 is 0. The van der Waals surface area contributed by atoms with E-state index in [0.29, 0.717) is 12.0 Å². The molecule has 1 aliphatic carbocycles. The Kier molecular flexibility index (Phi) is 5.09. The van der Waals surface area contributed by atoms with Crippen molar-refractivity contribution in [3.8, 4) is 0 Å². The van der Waals surface area contributed by atoms with Gasteiger partial charge in [0.1, 0.15) is 0 Å². The Morgan fingerprint density at radius 2 is 1.35 bits per heavy atom. The first-order chi connectivity index (χ1) is 9.49. The molecule has 0 bridgehead atoms. The van der Waals surface area contributed by atoms with E-state index < -0.39 is 0 Å². The molecule has 0 amide bonds. The van der Waals surface area contributed by atoms with Crippen LogP contribution in [0, 0.1) is 0 Å². The van der Waals surface area contributed by atoms with E-state index in [0.717, 1.165) is 6.04 Å². The molecule has 0 aromatic heterocycles. The van der Waals surface area contributed by atoms with Crippen LogP contribution in [0.3, 0.4) is 0 Å². The quantitative estimate of drug-likeness (QED) is 0.815. The van der Waals surface area contributed by atoms with Crippen LogP contribution in [0.5, 0.6) is 0 Å². The fourth-order valence-electron chi connectivity index (χ4n) is 3.27. The van der Waals surface area contributed by atoms with Gasteiger partial charge in [0, 0.05) is 24.8 Å². The van der Waals surface area contributed by atoms with Gasteiger partial charge in [-0.1, -0.05) is 26.0 Å².